The first-order valence-corrected chi connectivity index (χ1v) is 10.5. The summed E-state index contributed by atoms with van der Waals surface area (Å²) in [6.45, 7) is 6.29. The molecule has 0 amide bonds. The largest absolute Gasteiger partial charge is 0.462 e. The molecule has 8 heteroatoms. The smallest absolute Gasteiger partial charge is 0.339 e. The molecule has 28 heavy (non-hydrogen) atoms. The maximum atomic E-state index is 12.3. The number of carbonyl (C=O) groups is 1. The first kappa shape index (κ1) is 18.5. The van der Waals surface area contributed by atoms with Crippen molar-refractivity contribution in [2.24, 2.45) is 0 Å². The van der Waals surface area contributed by atoms with Crippen LogP contribution in [0.3, 0.4) is 0 Å². The van der Waals surface area contributed by atoms with Crippen LogP contribution in [0, 0.1) is 13.8 Å². The Hall–Kier alpha value is -2.84. The lowest BCUT2D eigenvalue weighted by Gasteiger charge is -2.06. The molecule has 0 radical (unpaired) electrons. The molecule has 4 rings (SSSR count). The summed E-state index contributed by atoms with van der Waals surface area (Å²) >= 11 is 2.88. The van der Waals surface area contributed by atoms with Gasteiger partial charge in [0.1, 0.15) is 17.0 Å². The van der Waals surface area contributed by atoms with Crippen molar-refractivity contribution in [2.75, 3.05) is 11.9 Å². The fourth-order valence-corrected chi connectivity index (χ4v) is 4.39. The number of anilines is 2. The molecule has 0 atom stereocenters. The van der Waals surface area contributed by atoms with Gasteiger partial charge >= 0.3 is 5.97 Å². The fourth-order valence-electron chi connectivity index (χ4n) is 2.79. The Morgan fingerprint density at radius 1 is 1.14 bits per heavy atom. The molecule has 0 aliphatic rings. The van der Waals surface area contributed by atoms with E-state index in [-0.39, 0.29) is 5.97 Å². The van der Waals surface area contributed by atoms with Crippen LogP contribution in [0.25, 0.3) is 21.5 Å². The summed E-state index contributed by atoms with van der Waals surface area (Å²) in [5.74, 6) is 0.178. The van der Waals surface area contributed by atoms with Crippen molar-refractivity contribution < 1.29 is 9.53 Å². The van der Waals surface area contributed by atoms with Crippen molar-refractivity contribution in [1.29, 1.82) is 0 Å². The molecule has 6 nitrogen and oxygen atoms in total. The van der Waals surface area contributed by atoms with Crippen LogP contribution >= 0.6 is 22.7 Å². The number of nitrogens with one attached hydrogen (secondary N) is 1. The fraction of sp³-hybridized carbons (Fsp3) is 0.200. The highest BCUT2D eigenvalue weighted by Gasteiger charge is 2.19. The third kappa shape index (κ3) is 3.48. The second-order valence-electron chi connectivity index (χ2n) is 6.23. The predicted molar refractivity (Wildman–Crippen MR) is 114 cm³/mol. The standard InChI is InChI=1S/C20H18N4O2S2/c1-4-26-19(25)14-8-27-18-16(14)17(21-10-22-18)24-20-23-15(9-28-20)13-6-5-11(2)12(3)7-13/h5-10H,4H2,1-3H3,(H,21,22,23,24). The monoisotopic (exact) mass is 410 g/mol. The van der Waals surface area contributed by atoms with Gasteiger partial charge in [0.15, 0.2) is 5.13 Å². The van der Waals surface area contributed by atoms with Crippen LogP contribution in [0.2, 0.25) is 0 Å². The maximum Gasteiger partial charge on any atom is 0.339 e. The van der Waals surface area contributed by atoms with Gasteiger partial charge in [0.05, 0.1) is 23.3 Å². The van der Waals surface area contributed by atoms with Crippen LogP contribution in [-0.4, -0.2) is 27.5 Å². The molecule has 1 aromatic carbocycles. The zero-order valence-corrected chi connectivity index (χ0v) is 17.3. The Balaban J connectivity index is 1.67. The number of rotatable bonds is 5. The van der Waals surface area contributed by atoms with Gasteiger partial charge in [0.2, 0.25) is 0 Å². The molecular formula is C20H18N4O2S2. The Morgan fingerprint density at radius 3 is 2.79 bits per heavy atom. The molecule has 0 bridgehead atoms. The highest BCUT2D eigenvalue weighted by Crippen LogP contribution is 2.33. The lowest BCUT2D eigenvalue weighted by atomic mass is 10.1. The van der Waals surface area contributed by atoms with Gasteiger partial charge in [-0.25, -0.2) is 19.7 Å². The quantitative estimate of drug-likeness (QED) is 0.447. The number of ether oxygens (including phenoxy) is 1. The Labute approximate surface area is 170 Å². The van der Waals surface area contributed by atoms with Crippen LogP contribution < -0.4 is 5.32 Å². The molecule has 3 heterocycles. The van der Waals surface area contributed by atoms with E-state index in [0.717, 1.165) is 16.1 Å². The third-order valence-corrected chi connectivity index (χ3v) is 6.04. The van der Waals surface area contributed by atoms with E-state index in [1.807, 2.05) is 5.38 Å². The van der Waals surface area contributed by atoms with Gasteiger partial charge < -0.3 is 10.1 Å². The van der Waals surface area contributed by atoms with Gasteiger partial charge in [-0.05, 0) is 38.0 Å². The molecule has 0 saturated heterocycles. The summed E-state index contributed by atoms with van der Waals surface area (Å²) in [7, 11) is 0. The van der Waals surface area contributed by atoms with Crippen LogP contribution in [0.15, 0.2) is 35.3 Å². The molecule has 0 unspecified atom stereocenters. The minimum Gasteiger partial charge on any atom is -0.462 e. The van der Waals surface area contributed by atoms with Crippen molar-refractivity contribution in [3.63, 3.8) is 0 Å². The number of aryl methyl sites for hydroxylation is 2. The van der Waals surface area contributed by atoms with Crippen molar-refractivity contribution in [1.82, 2.24) is 15.0 Å². The molecule has 1 N–H and O–H groups in total. The molecule has 142 valence electrons. The highest BCUT2D eigenvalue weighted by molar-refractivity contribution is 7.17. The number of thiophene rings is 1. The van der Waals surface area contributed by atoms with E-state index in [4.69, 9.17) is 4.74 Å². The van der Waals surface area contributed by atoms with Gasteiger partial charge in [-0.1, -0.05) is 12.1 Å². The normalized spacial score (nSPS) is 11.0. The number of fused-ring (bicyclic) bond motifs is 1. The van der Waals surface area contributed by atoms with Crippen LogP contribution in [0.4, 0.5) is 10.9 Å². The average Bonchev–Trinajstić information content (AvgIpc) is 3.32. The molecule has 0 spiro atoms. The van der Waals surface area contributed by atoms with E-state index >= 15 is 0 Å². The van der Waals surface area contributed by atoms with E-state index in [0.29, 0.717) is 28.5 Å². The zero-order chi connectivity index (χ0) is 19.7. The van der Waals surface area contributed by atoms with Crippen molar-refractivity contribution in [3.8, 4) is 11.3 Å². The van der Waals surface area contributed by atoms with Gasteiger partial charge in [-0.2, -0.15) is 0 Å². The third-order valence-electron chi connectivity index (χ3n) is 4.40. The van der Waals surface area contributed by atoms with Crippen molar-refractivity contribution in [3.05, 3.63) is 52.0 Å². The van der Waals surface area contributed by atoms with Crippen LogP contribution in [0.1, 0.15) is 28.4 Å². The van der Waals surface area contributed by atoms with E-state index in [1.165, 1.54) is 40.1 Å². The lowest BCUT2D eigenvalue weighted by Crippen LogP contribution is -2.05. The number of carbonyl (C=O) groups excluding carboxylic acids is 1. The predicted octanol–water partition coefficient (Wildman–Crippen LogP) is 5.35. The summed E-state index contributed by atoms with van der Waals surface area (Å²) < 4.78 is 5.15. The van der Waals surface area contributed by atoms with Gasteiger partial charge in [0.25, 0.3) is 0 Å². The van der Waals surface area contributed by atoms with Crippen LogP contribution in [-0.2, 0) is 4.74 Å². The van der Waals surface area contributed by atoms with Crippen LogP contribution in [0.5, 0.6) is 0 Å². The Bertz CT molecular complexity index is 1170. The SMILES string of the molecule is CCOC(=O)c1csc2ncnc(Nc3nc(-c4ccc(C)c(C)c4)cs3)c12. The molecular weight excluding hydrogens is 392 g/mol. The first-order chi connectivity index (χ1) is 13.6. The maximum absolute atomic E-state index is 12.3. The number of hydrogen-bond donors (Lipinski definition) is 1. The lowest BCUT2D eigenvalue weighted by molar-refractivity contribution is 0.0529. The summed E-state index contributed by atoms with van der Waals surface area (Å²) in [4.78, 5) is 26.3. The number of aromatic nitrogens is 3. The van der Waals surface area contributed by atoms with Gasteiger partial charge in [0, 0.05) is 16.3 Å². The minimum atomic E-state index is -0.374. The minimum absolute atomic E-state index is 0.318. The number of nitrogens with zero attached hydrogens (tertiary/aromatic N) is 3. The molecule has 0 aliphatic carbocycles. The highest BCUT2D eigenvalue weighted by atomic mass is 32.1. The second kappa shape index (κ2) is 7.65. The van der Waals surface area contributed by atoms with E-state index in [1.54, 1.807) is 12.3 Å². The zero-order valence-electron chi connectivity index (χ0n) is 15.6. The summed E-state index contributed by atoms with van der Waals surface area (Å²) in [5, 5.41) is 8.37. The summed E-state index contributed by atoms with van der Waals surface area (Å²) in [6.07, 6.45) is 1.48. The number of thiazole rings is 1. The van der Waals surface area contributed by atoms with Gasteiger partial charge in [-0.15, -0.1) is 22.7 Å². The average molecular weight is 411 g/mol. The van der Waals surface area contributed by atoms with Gasteiger partial charge in [-0.3, -0.25) is 0 Å². The molecule has 0 saturated carbocycles. The topological polar surface area (TPSA) is 77.0 Å². The van der Waals surface area contributed by atoms with Crippen molar-refractivity contribution in [2.45, 2.75) is 20.8 Å². The molecule has 0 fully saturated rings. The summed E-state index contributed by atoms with van der Waals surface area (Å²) in [6, 6.07) is 6.30. The Kier molecular flexibility index (Phi) is 5.06. The van der Waals surface area contributed by atoms with E-state index in [2.05, 4.69) is 52.3 Å². The molecule has 3 aromatic heterocycles. The Morgan fingerprint density at radius 2 is 2.00 bits per heavy atom. The first-order valence-electron chi connectivity index (χ1n) is 8.76. The van der Waals surface area contributed by atoms with E-state index in [9.17, 15) is 4.79 Å². The van der Waals surface area contributed by atoms with Crippen molar-refractivity contribution >= 4 is 49.8 Å². The number of hydrogen-bond acceptors (Lipinski definition) is 8. The number of benzene rings is 1. The second-order valence-corrected chi connectivity index (χ2v) is 7.95. The van der Waals surface area contributed by atoms with E-state index < -0.39 is 0 Å². The summed E-state index contributed by atoms with van der Waals surface area (Å²) in [5.41, 5.74) is 4.93. The molecule has 4 aromatic rings. The molecule has 0 aliphatic heterocycles. The number of esters is 1.